The fraction of sp³-hybridized carbons (Fsp3) is 0.385. The predicted molar refractivity (Wildman–Crippen MR) is 79.3 cm³/mol. The molecular formula is C13H18N4O2S. The fourth-order valence-corrected chi connectivity index (χ4v) is 2.63. The van der Waals surface area contributed by atoms with Crippen molar-refractivity contribution < 1.29 is 4.74 Å². The molecule has 0 amide bonds. The van der Waals surface area contributed by atoms with E-state index in [2.05, 4.69) is 10.2 Å². The van der Waals surface area contributed by atoms with Crippen LogP contribution in [0.4, 0.5) is 5.69 Å². The Labute approximate surface area is 121 Å². The molecule has 0 saturated heterocycles. The zero-order valence-electron chi connectivity index (χ0n) is 11.7. The Kier molecular flexibility index (Phi) is 4.39. The zero-order chi connectivity index (χ0) is 14.7. The first-order valence-corrected chi connectivity index (χ1v) is 7.22. The van der Waals surface area contributed by atoms with Crippen molar-refractivity contribution in [2.75, 3.05) is 5.73 Å². The van der Waals surface area contributed by atoms with Gasteiger partial charge < -0.3 is 10.5 Å². The van der Waals surface area contributed by atoms with Crippen LogP contribution in [-0.4, -0.2) is 20.9 Å². The highest BCUT2D eigenvalue weighted by Gasteiger charge is 2.10. The van der Waals surface area contributed by atoms with Crippen LogP contribution in [0.25, 0.3) is 0 Å². The summed E-state index contributed by atoms with van der Waals surface area (Å²) >= 11 is 1.39. The van der Waals surface area contributed by atoms with Crippen LogP contribution in [0.3, 0.4) is 0 Å². The third-order valence-corrected chi connectivity index (χ3v) is 3.58. The number of rotatable bonds is 5. The SMILES string of the molecule is CCn1c(Sc2ccc(N)c(OC(C)C)c2)n[nH]c1=O. The number of nitrogens with zero attached hydrogens (tertiary/aromatic N) is 2. The summed E-state index contributed by atoms with van der Waals surface area (Å²) in [6, 6.07) is 5.53. The van der Waals surface area contributed by atoms with E-state index in [0.29, 0.717) is 23.1 Å². The summed E-state index contributed by atoms with van der Waals surface area (Å²) in [7, 11) is 0. The topological polar surface area (TPSA) is 85.9 Å². The standard InChI is InChI=1S/C13H18N4O2S/c1-4-17-12(18)15-16-13(17)20-9-5-6-10(14)11(7-9)19-8(2)3/h5-8H,4,14H2,1-3H3,(H,15,18). The van der Waals surface area contributed by atoms with Crippen LogP contribution in [0.1, 0.15) is 20.8 Å². The molecule has 0 spiro atoms. The zero-order valence-corrected chi connectivity index (χ0v) is 12.5. The lowest BCUT2D eigenvalue weighted by atomic mass is 10.3. The summed E-state index contributed by atoms with van der Waals surface area (Å²) in [5.74, 6) is 0.644. The molecule has 0 radical (unpaired) electrons. The summed E-state index contributed by atoms with van der Waals surface area (Å²) in [6.45, 7) is 6.36. The lowest BCUT2D eigenvalue weighted by Crippen LogP contribution is -2.16. The minimum Gasteiger partial charge on any atom is -0.489 e. The van der Waals surface area contributed by atoms with Crippen molar-refractivity contribution in [3.63, 3.8) is 0 Å². The average molecular weight is 294 g/mol. The van der Waals surface area contributed by atoms with E-state index in [0.717, 1.165) is 4.90 Å². The molecule has 20 heavy (non-hydrogen) atoms. The van der Waals surface area contributed by atoms with Crippen LogP contribution in [0, 0.1) is 0 Å². The van der Waals surface area contributed by atoms with Gasteiger partial charge in [-0.1, -0.05) is 0 Å². The van der Waals surface area contributed by atoms with Crippen LogP contribution >= 0.6 is 11.8 Å². The normalized spacial score (nSPS) is 11.0. The largest absolute Gasteiger partial charge is 0.489 e. The van der Waals surface area contributed by atoms with Gasteiger partial charge in [-0.15, -0.1) is 5.10 Å². The number of H-pyrrole nitrogens is 1. The van der Waals surface area contributed by atoms with Gasteiger partial charge in [-0.05, 0) is 50.7 Å². The minimum absolute atomic E-state index is 0.0526. The first-order valence-electron chi connectivity index (χ1n) is 6.40. The van der Waals surface area contributed by atoms with E-state index in [-0.39, 0.29) is 11.8 Å². The highest BCUT2D eigenvalue weighted by Crippen LogP contribution is 2.32. The molecular weight excluding hydrogens is 276 g/mol. The Morgan fingerprint density at radius 2 is 2.25 bits per heavy atom. The number of nitrogens with one attached hydrogen (secondary N) is 1. The van der Waals surface area contributed by atoms with Gasteiger partial charge in [0.25, 0.3) is 0 Å². The van der Waals surface area contributed by atoms with Crippen molar-refractivity contribution in [1.82, 2.24) is 14.8 Å². The molecule has 1 aromatic carbocycles. The van der Waals surface area contributed by atoms with Crippen LogP contribution in [0.15, 0.2) is 33.0 Å². The monoisotopic (exact) mass is 294 g/mol. The Balaban J connectivity index is 2.27. The van der Waals surface area contributed by atoms with Gasteiger partial charge >= 0.3 is 5.69 Å². The number of nitrogen functional groups attached to an aromatic ring is 1. The van der Waals surface area contributed by atoms with Crippen molar-refractivity contribution in [2.45, 2.75) is 43.5 Å². The number of ether oxygens (including phenoxy) is 1. The van der Waals surface area contributed by atoms with Crippen molar-refractivity contribution in [1.29, 1.82) is 0 Å². The maximum atomic E-state index is 11.5. The third kappa shape index (κ3) is 3.16. The molecule has 0 fully saturated rings. The molecule has 3 N–H and O–H groups in total. The van der Waals surface area contributed by atoms with E-state index < -0.39 is 0 Å². The molecule has 7 heteroatoms. The lowest BCUT2D eigenvalue weighted by molar-refractivity contribution is 0.243. The summed E-state index contributed by atoms with van der Waals surface area (Å²) in [4.78, 5) is 12.4. The summed E-state index contributed by atoms with van der Waals surface area (Å²) in [5, 5.41) is 7.08. The van der Waals surface area contributed by atoms with Gasteiger partial charge in [-0.2, -0.15) is 0 Å². The molecule has 0 saturated carbocycles. The molecule has 0 aliphatic heterocycles. The molecule has 108 valence electrons. The summed E-state index contributed by atoms with van der Waals surface area (Å²) < 4.78 is 7.22. The third-order valence-electron chi connectivity index (χ3n) is 2.60. The van der Waals surface area contributed by atoms with Crippen LogP contribution in [0.2, 0.25) is 0 Å². The van der Waals surface area contributed by atoms with Gasteiger partial charge in [-0.25, -0.2) is 9.89 Å². The highest BCUT2D eigenvalue weighted by atomic mass is 32.2. The number of aromatic nitrogens is 3. The molecule has 0 aliphatic rings. The van der Waals surface area contributed by atoms with Gasteiger partial charge in [0, 0.05) is 11.4 Å². The van der Waals surface area contributed by atoms with E-state index in [4.69, 9.17) is 10.5 Å². The van der Waals surface area contributed by atoms with Gasteiger partial charge in [0.2, 0.25) is 0 Å². The molecule has 0 bridgehead atoms. The fourth-order valence-electron chi connectivity index (χ4n) is 1.70. The number of hydrogen-bond acceptors (Lipinski definition) is 5. The molecule has 0 atom stereocenters. The second-order valence-electron chi connectivity index (χ2n) is 4.52. The number of anilines is 1. The summed E-state index contributed by atoms with van der Waals surface area (Å²) in [5.41, 5.74) is 6.27. The van der Waals surface area contributed by atoms with Crippen molar-refractivity contribution in [2.24, 2.45) is 0 Å². The number of aromatic amines is 1. The Bertz CT molecular complexity index is 648. The molecule has 1 aromatic heterocycles. The van der Waals surface area contributed by atoms with Crippen molar-refractivity contribution in [3.05, 3.63) is 28.7 Å². The minimum atomic E-state index is -0.205. The van der Waals surface area contributed by atoms with E-state index in [1.165, 1.54) is 11.8 Å². The number of nitrogens with two attached hydrogens (primary N) is 1. The smallest absolute Gasteiger partial charge is 0.343 e. The van der Waals surface area contributed by atoms with Crippen LogP contribution in [0.5, 0.6) is 5.75 Å². The van der Waals surface area contributed by atoms with Crippen molar-refractivity contribution >= 4 is 17.4 Å². The van der Waals surface area contributed by atoms with Gasteiger partial charge in [0.1, 0.15) is 5.75 Å². The molecule has 0 unspecified atom stereocenters. The Morgan fingerprint density at radius 1 is 1.50 bits per heavy atom. The quantitative estimate of drug-likeness (QED) is 0.825. The van der Waals surface area contributed by atoms with E-state index >= 15 is 0 Å². The summed E-state index contributed by atoms with van der Waals surface area (Å²) in [6.07, 6.45) is 0.0526. The van der Waals surface area contributed by atoms with Gasteiger partial charge in [-0.3, -0.25) is 4.57 Å². The van der Waals surface area contributed by atoms with E-state index in [9.17, 15) is 4.79 Å². The molecule has 1 heterocycles. The lowest BCUT2D eigenvalue weighted by Gasteiger charge is -2.13. The Morgan fingerprint density at radius 3 is 2.90 bits per heavy atom. The second kappa shape index (κ2) is 6.04. The maximum Gasteiger partial charge on any atom is 0.343 e. The first-order chi connectivity index (χ1) is 9.51. The molecule has 0 aliphatic carbocycles. The van der Waals surface area contributed by atoms with Gasteiger partial charge in [0.05, 0.1) is 11.8 Å². The Hall–Kier alpha value is -1.89. The van der Waals surface area contributed by atoms with Crippen molar-refractivity contribution in [3.8, 4) is 5.75 Å². The maximum absolute atomic E-state index is 11.5. The molecule has 2 aromatic rings. The second-order valence-corrected chi connectivity index (χ2v) is 5.56. The van der Waals surface area contributed by atoms with Gasteiger partial charge in [0.15, 0.2) is 5.16 Å². The highest BCUT2D eigenvalue weighted by molar-refractivity contribution is 7.99. The molecule has 6 nitrogen and oxygen atoms in total. The number of hydrogen-bond donors (Lipinski definition) is 2. The predicted octanol–water partition coefficient (Wildman–Crippen LogP) is 2.11. The van der Waals surface area contributed by atoms with E-state index in [1.807, 2.05) is 32.9 Å². The van der Waals surface area contributed by atoms with E-state index in [1.54, 1.807) is 10.6 Å². The van der Waals surface area contributed by atoms with Crippen LogP contribution in [-0.2, 0) is 6.54 Å². The average Bonchev–Trinajstić information content (AvgIpc) is 2.73. The van der Waals surface area contributed by atoms with Crippen LogP contribution < -0.4 is 16.2 Å². The first kappa shape index (κ1) is 14.5. The number of benzene rings is 1. The molecule has 2 rings (SSSR count).